The normalized spacial score (nSPS) is 10.0. The Labute approximate surface area is 111 Å². The molecule has 0 atom stereocenters. The van der Waals surface area contributed by atoms with Crippen LogP contribution in [-0.4, -0.2) is 15.2 Å². The van der Waals surface area contributed by atoms with Gasteiger partial charge in [-0.05, 0) is 30.4 Å². The molecule has 7 heteroatoms. The first-order valence-electron chi connectivity index (χ1n) is 4.71. The highest BCUT2D eigenvalue weighted by atomic mass is 79.9. The Balaban J connectivity index is 2.35. The fourth-order valence-electron chi connectivity index (χ4n) is 1.29. The molecule has 1 heterocycles. The molecule has 0 saturated carbocycles. The maximum absolute atomic E-state index is 8.95. The smallest absolute Gasteiger partial charge is 0.198 e. The van der Waals surface area contributed by atoms with Crippen LogP contribution in [-0.2, 0) is 0 Å². The van der Waals surface area contributed by atoms with Crippen LogP contribution >= 0.6 is 28.1 Å². The molecule has 17 heavy (non-hydrogen) atoms. The van der Waals surface area contributed by atoms with Gasteiger partial charge in [-0.15, -0.1) is 0 Å². The minimum Gasteiger partial charge on any atom is -0.340 e. The number of aromatic nitrogens is 2. The van der Waals surface area contributed by atoms with Crippen molar-refractivity contribution in [2.45, 2.75) is 0 Å². The summed E-state index contributed by atoms with van der Waals surface area (Å²) >= 11 is 8.30. The number of aromatic amines is 1. The maximum Gasteiger partial charge on any atom is 0.198 e. The van der Waals surface area contributed by atoms with E-state index in [-0.39, 0.29) is 0 Å². The summed E-state index contributed by atoms with van der Waals surface area (Å²) in [5, 5.41) is 12.0. The van der Waals surface area contributed by atoms with Crippen molar-refractivity contribution in [3.63, 3.8) is 0 Å². The average Bonchev–Trinajstić information content (AvgIpc) is 2.29. The van der Waals surface area contributed by atoms with Crippen molar-refractivity contribution in [3.8, 4) is 0 Å². The molecule has 0 amide bonds. The first-order valence-corrected chi connectivity index (χ1v) is 5.91. The monoisotopic (exact) mass is 312 g/mol. The fourth-order valence-corrected chi connectivity index (χ4v) is 1.84. The molecule has 0 aliphatic carbocycles. The van der Waals surface area contributed by atoms with Gasteiger partial charge in [0.05, 0.1) is 6.20 Å². The van der Waals surface area contributed by atoms with Crippen molar-refractivity contribution in [1.82, 2.24) is 9.97 Å². The Morgan fingerprint density at radius 2 is 2.24 bits per heavy atom. The van der Waals surface area contributed by atoms with Crippen LogP contribution in [0.3, 0.4) is 0 Å². The van der Waals surface area contributed by atoms with E-state index in [9.17, 15) is 0 Å². The number of nitrogens with one attached hydrogen (secondary N) is 3. The van der Waals surface area contributed by atoms with Crippen LogP contribution in [0.4, 0.5) is 17.2 Å². The quantitative estimate of drug-likeness (QED) is 0.516. The second kappa shape index (κ2) is 5.26. The summed E-state index contributed by atoms with van der Waals surface area (Å²) in [7, 11) is 0. The molecule has 0 fully saturated rings. The van der Waals surface area contributed by atoms with Crippen molar-refractivity contribution in [1.29, 1.82) is 0 Å². The predicted molar refractivity (Wildman–Crippen MR) is 72.3 cm³/mol. The summed E-state index contributed by atoms with van der Waals surface area (Å²) in [6, 6.07) is 7.61. The zero-order valence-corrected chi connectivity index (χ0v) is 11.0. The molecule has 0 saturated heterocycles. The molecule has 2 rings (SSSR count). The Kier molecular flexibility index (Phi) is 3.72. The van der Waals surface area contributed by atoms with Crippen LogP contribution in [0.2, 0.25) is 0 Å². The molecule has 0 unspecified atom stereocenters. The molecule has 4 N–H and O–H groups in total. The molecule has 0 spiro atoms. The third-order valence-corrected chi connectivity index (χ3v) is 2.73. The zero-order chi connectivity index (χ0) is 12.3. The summed E-state index contributed by atoms with van der Waals surface area (Å²) in [5.74, 6) is 0.547. The molecule has 0 aliphatic heterocycles. The van der Waals surface area contributed by atoms with E-state index in [2.05, 4.69) is 31.2 Å². The minimum absolute atomic E-state index is 0.335. The number of H-pyrrole nitrogens is 1. The Bertz CT molecular complexity index is 587. The van der Waals surface area contributed by atoms with Crippen molar-refractivity contribution >= 4 is 45.3 Å². The summed E-state index contributed by atoms with van der Waals surface area (Å²) in [6.45, 7) is 0. The first kappa shape index (κ1) is 12.0. The largest absolute Gasteiger partial charge is 0.340 e. The average molecular weight is 313 g/mol. The van der Waals surface area contributed by atoms with Gasteiger partial charge in [-0.3, -0.25) is 10.7 Å². The van der Waals surface area contributed by atoms with Gasteiger partial charge >= 0.3 is 0 Å². The molecular weight excluding hydrogens is 304 g/mol. The van der Waals surface area contributed by atoms with Crippen molar-refractivity contribution in [2.24, 2.45) is 0 Å². The van der Waals surface area contributed by atoms with E-state index in [0.717, 1.165) is 10.2 Å². The number of hydrogen-bond donors (Lipinski definition) is 4. The molecule has 0 radical (unpaired) electrons. The summed E-state index contributed by atoms with van der Waals surface area (Å²) in [6.07, 6.45) is 1.44. The van der Waals surface area contributed by atoms with E-state index < -0.39 is 0 Å². The molecular formula is C10H9BrN4OS. The second-order valence-electron chi connectivity index (χ2n) is 3.22. The Morgan fingerprint density at radius 3 is 2.94 bits per heavy atom. The summed E-state index contributed by atoms with van der Waals surface area (Å²) in [4.78, 5) is 6.71. The maximum atomic E-state index is 8.95. The van der Waals surface area contributed by atoms with E-state index in [0.29, 0.717) is 16.3 Å². The lowest BCUT2D eigenvalue weighted by Crippen LogP contribution is -2.01. The summed E-state index contributed by atoms with van der Waals surface area (Å²) < 4.78 is 1.29. The van der Waals surface area contributed by atoms with Crippen molar-refractivity contribution < 1.29 is 5.21 Å². The van der Waals surface area contributed by atoms with Gasteiger partial charge in [-0.2, -0.15) is 0 Å². The van der Waals surface area contributed by atoms with Crippen LogP contribution in [0.25, 0.3) is 0 Å². The lowest BCUT2D eigenvalue weighted by Gasteiger charge is -2.10. The van der Waals surface area contributed by atoms with Gasteiger partial charge in [0, 0.05) is 10.2 Å². The SMILES string of the molecule is ONc1cnc(=S)[nH]c1Nc1cccc(Br)c1. The Hall–Kier alpha value is -1.44. The highest BCUT2D eigenvalue weighted by Crippen LogP contribution is 2.23. The van der Waals surface area contributed by atoms with Crippen LogP contribution < -0.4 is 10.8 Å². The predicted octanol–water partition coefficient (Wildman–Crippen LogP) is 3.45. The van der Waals surface area contributed by atoms with Gasteiger partial charge < -0.3 is 10.3 Å². The molecule has 0 bridgehead atoms. The van der Waals surface area contributed by atoms with E-state index in [1.807, 2.05) is 29.7 Å². The number of nitrogens with zero attached hydrogens (tertiary/aromatic N) is 1. The van der Waals surface area contributed by atoms with Gasteiger partial charge in [-0.25, -0.2) is 4.98 Å². The van der Waals surface area contributed by atoms with E-state index in [4.69, 9.17) is 17.4 Å². The number of benzene rings is 1. The molecule has 1 aromatic heterocycles. The fraction of sp³-hybridized carbons (Fsp3) is 0. The van der Waals surface area contributed by atoms with Gasteiger partial charge in [-0.1, -0.05) is 22.0 Å². The van der Waals surface area contributed by atoms with E-state index in [1.54, 1.807) is 0 Å². The van der Waals surface area contributed by atoms with Gasteiger partial charge in [0.1, 0.15) is 11.5 Å². The number of anilines is 3. The number of halogens is 1. The molecule has 0 aliphatic rings. The van der Waals surface area contributed by atoms with E-state index in [1.165, 1.54) is 6.20 Å². The van der Waals surface area contributed by atoms with Gasteiger partial charge in [0.25, 0.3) is 0 Å². The minimum atomic E-state index is 0.335. The first-order chi connectivity index (χ1) is 8.19. The van der Waals surface area contributed by atoms with Crippen molar-refractivity contribution in [3.05, 3.63) is 39.7 Å². The lowest BCUT2D eigenvalue weighted by molar-refractivity contribution is 0.388. The van der Waals surface area contributed by atoms with Crippen LogP contribution in [0, 0.1) is 4.77 Å². The topological polar surface area (TPSA) is 73.0 Å². The molecule has 88 valence electrons. The second-order valence-corrected chi connectivity index (χ2v) is 4.53. The van der Waals surface area contributed by atoms with Crippen LogP contribution in [0.15, 0.2) is 34.9 Å². The molecule has 2 aromatic rings. The third kappa shape index (κ3) is 3.02. The standard InChI is InChI=1S/C10H9BrN4OS/c11-6-2-1-3-7(4-6)13-9-8(15-16)5-12-10(17)14-9/h1-5,15-16H,(H2,12,13,14,17). The highest BCUT2D eigenvalue weighted by molar-refractivity contribution is 9.10. The number of hydrogen-bond acceptors (Lipinski definition) is 5. The number of rotatable bonds is 3. The van der Waals surface area contributed by atoms with Crippen molar-refractivity contribution in [2.75, 3.05) is 10.8 Å². The Morgan fingerprint density at radius 1 is 1.41 bits per heavy atom. The van der Waals surface area contributed by atoms with Gasteiger partial charge in [0.2, 0.25) is 0 Å². The highest BCUT2D eigenvalue weighted by Gasteiger charge is 2.03. The summed E-state index contributed by atoms with van der Waals surface area (Å²) in [5.41, 5.74) is 3.31. The third-order valence-electron chi connectivity index (χ3n) is 2.03. The molecule has 1 aromatic carbocycles. The molecule has 5 nitrogen and oxygen atoms in total. The van der Waals surface area contributed by atoms with Gasteiger partial charge in [0.15, 0.2) is 4.77 Å². The zero-order valence-electron chi connectivity index (χ0n) is 8.57. The van der Waals surface area contributed by atoms with Crippen LogP contribution in [0.5, 0.6) is 0 Å². The van der Waals surface area contributed by atoms with Crippen LogP contribution in [0.1, 0.15) is 0 Å². The lowest BCUT2D eigenvalue weighted by atomic mass is 10.3. The van der Waals surface area contributed by atoms with E-state index >= 15 is 0 Å².